The Hall–Kier alpha value is -1.06. The van der Waals surface area contributed by atoms with Gasteiger partial charge in [-0.25, -0.2) is 0 Å². The Morgan fingerprint density at radius 2 is 2.00 bits per heavy atom. The average molecular weight is 238 g/mol. The number of para-hydroxylation sites is 1. The third kappa shape index (κ3) is 4.75. The molecular weight excluding hydrogens is 216 g/mol. The van der Waals surface area contributed by atoms with Gasteiger partial charge in [-0.05, 0) is 12.5 Å². The van der Waals surface area contributed by atoms with E-state index in [0.29, 0.717) is 13.0 Å². The number of unbranched alkanes of at least 4 members (excludes halogenated alkanes) is 1. The molecule has 96 valence electrons. The fourth-order valence-electron chi connectivity index (χ4n) is 1.64. The molecule has 1 N–H and O–H groups in total. The first-order chi connectivity index (χ1) is 8.29. The first kappa shape index (κ1) is 14.0. The number of rotatable bonds is 8. The highest BCUT2D eigenvalue weighted by Gasteiger charge is 2.12. The molecule has 1 aromatic rings. The first-order valence-electron chi connectivity index (χ1n) is 6.18. The van der Waals surface area contributed by atoms with Crippen molar-refractivity contribution in [2.45, 2.75) is 32.3 Å². The zero-order valence-corrected chi connectivity index (χ0v) is 10.7. The van der Waals surface area contributed by atoms with Gasteiger partial charge < -0.3 is 14.6 Å². The van der Waals surface area contributed by atoms with Gasteiger partial charge in [-0.15, -0.1) is 0 Å². The van der Waals surface area contributed by atoms with Gasteiger partial charge in [0.15, 0.2) is 0 Å². The largest absolute Gasteiger partial charge is 0.496 e. The van der Waals surface area contributed by atoms with Crippen molar-refractivity contribution in [3.63, 3.8) is 0 Å². The van der Waals surface area contributed by atoms with Crippen molar-refractivity contribution in [1.82, 2.24) is 0 Å². The van der Waals surface area contributed by atoms with Gasteiger partial charge in [-0.3, -0.25) is 0 Å². The van der Waals surface area contributed by atoms with Gasteiger partial charge in [0.1, 0.15) is 5.75 Å². The normalized spacial score (nSPS) is 12.4. The second-order valence-corrected chi connectivity index (χ2v) is 4.01. The van der Waals surface area contributed by atoms with Crippen LogP contribution in [0, 0.1) is 0 Å². The van der Waals surface area contributed by atoms with Crippen molar-refractivity contribution in [3.8, 4) is 5.75 Å². The summed E-state index contributed by atoms with van der Waals surface area (Å²) in [6.07, 6.45) is 2.29. The second kappa shape index (κ2) is 8.09. The van der Waals surface area contributed by atoms with Crippen LogP contribution in [0.4, 0.5) is 0 Å². The maximum Gasteiger partial charge on any atom is 0.124 e. The molecular formula is C14H22O3. The number of hydrogen-bond donors (Lipinski definition) is 1. The summed E-state index contributed by atoms with van der Waals surface area (Å²) in [4.78, 5) is 0. The molecule has 1 aromatic carbocycles. The minimum absolute atomic E-state index is 0.521. The van der Waals surface area contributed by atoms with Crippen LogP contribution in [0.1, 0.15) is 37.9 Å². The lowest BCUT2D eigenvalue weighted by atomic mass is 10.1. The number of aliphatic hydroxyl groups excluding tert-OH is 1. The van der Waals surface area contributed by atoms with Crippen LogP contribution in [0.3, 0.4) is 0 Å². The molecule has 3 nitrogen and oxygen atoms in total. The molecule has 1 rings (SSSR count). The lowest BCUT2D eigenvalue weighted by Gasteiger charge is -2.14. The molecule has 0 amide bonds. The number of hydrogen-bond acceptors (Lipinski definition) is 3. The Morgan fingerprint density at radius 3 is 2.71 bits per heavy atom. The standard InChI is InChI=1S/C14H22O3/c1-3-4-10-17-11-9-13(15)12-7-5-6-8-14(12)16-2/h5-8,13,15H,3-4,9-11H2,1-2H3. The van der Waals surface area contributed by atoms with Crippen molar-refractivity contribution in [3.05, 3.63) is 29.8 Å². The highest BCUT2D eigenvalue weighted by atomic mass is 16.5. The highest BCUT2D eigenvalue weighted by Crippen LogP contribution is 2.26. The maximum absolute atomic E-state index is 10.0. The van der Waals surface area contributed by atoms with E-state index in [9.17, 15) is 5.11 Å². The van der Waals surface area contributed by atoms with Gasteiger partial charge in [0, 0.05) is 25.2 Å². The third-order valence-corrected chi connectivity index (χ3v) is 2.68. The van der Waals surface area contributed by atoms with Gasteiger partial charge >= 0.3 is 0 Å². The number of methoxy groups -OCH3 is 1. The minimum atomic E-state index is -0.521. The van der Waals surface area contributed by atoms with E-state index in [4.69, 9.17) is 9.47 Å². The monoisotopic (exact) mass is 238 g/mol. The van der Waals surface area contributed by atoms with Crippen molar-refractivity contribution in [2.75, 3.05) is 20.3 Å². The molecule has 0 aliphatic carbocycles. The molecule has 0 saturated heterocycles. The summed E-state index contributed by atoms with van der Waals surface area (Å²) in [5.41, 5.74) is 0.828. The molecule has 0 spiro atoms. The zero-order chi connectivity index (χ0) is 12.5. The summed E-state index contributed by atoms with van der Waals surface area (Å²) in [7, 11) is 1.61. The van der Waals surface area contributed by atoms with Crippen molar-refractivity contribution in [2.24, 2.45) is 0 Å². The molecule has 1 atom stereocenters. The van der Waals surface area contributed by atoms with Crippen LogP contribution < -0.4 is 4.74 Å². The van der Waals surface area contributed by atoms with Gasteiger partial charge in [0.05, 0.1) is 13.2 Å². The lowest BCUT2D eigenvalue weighted by Crippen LogP contribution is -2.05. The Kier molecular flexibility index (Phi) is 6.67. The van der Waals surface area contributed by atoms with Crippen LogP contribution in [-0.4, -0.2) is 25.4 Å². The quantitative estimate of drug-likeness (QED) is 0.708. The van der Waals surface area contributed by atoms with Gasteiger partial charge in [0.2, 0.25) is 0 Å². The van der Waals surface area contributed by atoms with Gasteiger partial charge in [-0.2, -0.15) is 0 Å². The van der Waals surface area contributed by atoms with E-state index >= 15 is 0 Å². The van der Waals surface area contributed by atoms with Crippen LogP contribution in [0.5, 0.6) is 5.75 Å². The summed E-state index contributed by atoms with van der Waals surface area (Å²) >= 11 is 0. The number of benzene rings is 1. The Morgan fingerprint density at radius 1 is 1.24 bits per heavy atom. The molecule has 0 saturated carbocycles. The molecule has 3 heteroatoms. The topological polar surface area (TPSA) is 38.7 Å². The van der Waals surface area contributed by atoms with Crippen molar-refractivity contribution >= 4 is 0 Å². The number of aliphatic hydroxyl groups is 1. The van der Waals surface area contributed by atoms with Crippen LogP contribution >= 0.6 is 0 Å². The van der Waals surface area contributed by atoms with Crippen LogP contribution in [0.2, 0.25) is 0 Å². The molecule has 0 fully saturated rings. The van der Waals surface area contributed by atoms with Crippen molar-refractivity contribution in [1.29, 1.82) is 0 Å². The first-order valence-corrected chi connectivity index (χ1v) is 6.18. The predicted molar refractivity (Wildman–Crippen MR) is 68.3 cm³/mol. The predicted octanol–water partition coefficient (Wildman–Crippen LogP) is 2.94. The molecule has 0 bridgehead atoms. The van der Waals surface area contributed by atoms with Crippen molar-refractivity contribution < 1.29 is 14.6 Å². The molecule has 0 aliphatic rings. The second-order valence-electron chi connectivity index (χ2n) is 4.01. The Labute approximate surface area is 103 Å². The molecule has 0 aromatic heterocycles. The summed E-state index contributed by atoms with van der Waals surface area (Å²) in [6.45, 7) is 3.49. The smallest absolute Gasteiger partial charge is 0.124 e. The molecule has 1 unspecified atom stereocenters. The lowest BCUT2D eigenvalue weighted by molar-refractivity contribution is 0.0794. The fraction of sp³-hybridized carbons (Fsp3) is 0.571. The van der Waals surface area contributed by atoms with E-state index in [2.05, 4.69) is 6.92 Å². The summed E-state index contributed by atoms with van der Waals surface area (Å²) in [5, 5.41) is 10.0. The van der Waals surface area contributed by atoms with E-state index < -0.39 is 6.10 Å². The SMILES string of the molecule is CCCCOCCC(O)c1ccccc1OC. The Balaban J connectivity index is 2.38. The summed E-state index contributed by atoms with van der Waals surface area (Å²) in [6, 6.07) is 7.54. The fourth-order valence-corrected chi connectivity index (χ4v) is 1.64. The third-order valence-electron chi connectivity index (χ3n) is 2.68. The summed E-state index contributed by atoms with van der Waals surface area (Å²) in [5.74, 6) is 0.730. The van der Waals surface area contributed by atoms with Crippen LogP contribution in [0.25, 0.3) is 0 Å². The Bertz CT molecular complexity index is 312. The van der Waals surface area contributed by atoms with Gasteiger partial charge in [-0.1, -0.05) is 31.5 Å². The maximum atomic E-state index is 10.0. The van der Waals surface area contributed by atoms with E-state index in [1.54, 1.807) is 7.11 Å². The zero-order valence-electron chi connectivity index (χ0n) is 10.7. The van der Waals surface area contributed by atoms with E-state index in [1.165, 1.54) is 0 Å². The molecule has 0 radical (unpaired) electrons. The summed E-state index contributed by atoms with van der Waals surface area (Å²) < 4.78 is 10.6. The molecule has 0 heterocycles. The van der Waals surface area contributed by atoms with Crippen LogP contribution in [-0.2, 0) is 4.74 Å². The molecule has 0 aliphatic heterocycles. The number of ether oxygens (including phenoxy) is 2. The van der Waals surface area contributed by atoms with Gasteiger partial charge in [0.25, 0.3) is 0 Å². The minimum Gasteiger partial charge on any atom is -0.496 e. The average Bonchev–Trinajstić information content (AvgIpc) is 2.38. The highest BCUT2D eigenvalue weighted by molar-refractivity contribution is 5.34. The molecule has 17 heavy (non-hydrogen) atoms. The van der Waals surface area contributed by atoms with E-state index in [1.807, 2.05) is 24.3 Å². The van der Waals surface area contributed by atoms with E-state index in [0.717, 1.165) is 30.8 Å². The van der Waals surface area contributed by atoms with E-state index in [-0.39, 0.29) is 0 Å². The van der Waals surface area contributed by atoms with Crippen LogP contribution in [0.15, 0.2) is 24.3 Å².